The standard InChI is InChI=1S/C13H16N2O2/c1-10(9-16)15-13(17)12(8-14)7-11-5-3-2-4-6-11/h2-6,10,12,16H,7,9H2,1H3,(H,15,17)/t10-,12?/m0/s1. The van der Waals surface area contributed by atoms with Gasteiger partial charge in [0, 0.05) is 6.04 Å². The van der Waals surface area contributed by atoms with Crippen molar-refractivity contribution >= 4 is 5.91 Å². The number of benzene rings is 1. The van der Waals surface area contributed by atoms with Gasteiger partial charge in [0.2, 0.25) is 5.91 Å². The molecule has 1 rings (SSSR count). The number of hydrogen-bond acceptors (Lipinski definition) is 3. The molecular formula is C13H16N2O2. The zero-order chi connectivity index (χ0) is 12.7. The minimum atomic E-state index is -0.716. The highest BCUT2D eigenvalue weighted by Crippen LogP contribution is 2.08. The Morgan fingerprint density at radius 1 is 1.47 bits per heavy atom. The number of carbonyl (C=O) groups excluding carboxylic acids is 1. The van der Waals surface area contributed by atoms with Crippen molar-refractivity contribution in [1.82, 2.24) is 5.32 Å². The number of nitrogens with one attached hydrogen (secondary N) is 1. The van der Waals surface area contributed by atoms with E-state index < -0.39 is 5.92 Å². The van der Waals surface area contributed by atoms with Gasteiger partial charge in [0.15, 0.2) is 0 Å². The highest BCUT2D eigenvalue weighted by Gasteiger charge is 2.19. The molecule has 0 spiro atoms. The molecule has 1 unspecified atom stereocenters. The van der Waals surface area contributed by atoms with Gasteiger partial charge in [-0.05, 0) is 18.9 Å². The van der Waals surface area contributed by atoms with Gasteiger partial charge < -0.3 is 10.4 Å². The second-order valence-corrected chi connectivity index (χ2v) is 3.96. The number of carbonyl (C=O) groups is 1. The maximum Gasteiger partial charge on any atom is 0.237 e. The molecule has 0 aromatic heterocycles. The van der Waals surface area contributed by atoms with E-state index in [0.717, 1.165) is 5.56 Å². The van der Waals surface area contributed by atoms with Gasteiger partial charge in [-0.25, -0.2) is 0 Å². The van der Waals surface area contributed by atoms with Crippen LogP contribution in [-0.4, -0.2) is 23.7 Å². The second-order valence-electron chi connectivity index (χ2n) is 3.96. The predicted molar refractivity (Wildman–Crippen MR) is 63.9 cm³/mol. The van der Waals surface area contributed by atoms with Gasteiger partial charge in [0.1, 0.15) is 5.92 Å². The van der Waals surface area contributed by atoms with Crippen LogP contribution < -0.4 is 5.32 Å². The predicted octanol–water partition coefficient (Wildman–Crippen LogP) is 0.866. The highest BCUT2D eigenvalue weighted by molar-refractivity contribution is 5.81. The van der Waals surface area contributed by atoms with Crippen molar-refractivity contribution in [3.63, 3.8) is 0 Å². The molecule has 0 saturated carbocycles. The van der Waals surface area contributed by atoms with E-state index in [9.17, 15) is 4.79 Å². The molecule has 0 fully saturated rings. The summed E-state index contributed by atoms with van der Waals surface area (Å²) in [7, 11) is 0. The molecule has 0 aliphatic rings. The molecule has 0 bridgehead atoms. The van der Waals surface area contributed by atoms with Crippen LogP contribution in [0.3, 0.4) is 0 Å². The lowest BCUT2D eigenvalue weighted by atomic mass is 9.99. The van der Waals surface area contributed by atoms with Crippen molar-refractivity contribution in [2.45, 2.75) is 19.4 Å². The molecular weight excluding hydrogens is 216 g/mol. The van der Waals surface area contributed by atoms with Crippen LogP contribution in [-0.2, 0) is 11.2 Å². The Morgan fingerprint density at radius 2 is 2.12 bits per heavy atom. The fraction of sp³-hybridized carbons (Fsp3) is 0.385. The zero-order valence-electron chi connectivity index (χ0n) is 9.76. The number of aliphatic hydroxyl groups excluding tert-OH is 1. The van der Waals surface area contributed by atoms with Gasteiger partial charge in [-0.3, -0.25) is 4.79 Å². The van der Waals surface area contributed by atoms with Crippen molar-refractivity contribution in [2.75, 3.05) is 6.61 Å². The van der Waals surface area contributed by atoms with Crippen molar-refractivity contribution in [2.24, 2.45) is 5.92 Å². The first-order chi connectivity index (χ1) is 8.17. The van der Waals surface area contributed by atoms with E-state index in [0.29, 0.717) is 6.42 Å². The smallest absolute Gasteiger partial charge is 0.237 e. The van der Waals surface area contributed by atoms with Crippen LogP contribution in [0.5, 0.6) is 0 Å². The van der Waals surface area contributed by atoms with E-state index in [1.54, 1.807) is 6.92 Å². The molecule has 17 heavy (non-hydrogen) atoms. The van der Waals surface area contributed by atoms with Crippen molar-refractivity contribution < 1.29 is 9.90 Å². The third-order valence-corrected chi connectivity index (χ3v) is 2.42. The largest absolute Gasteiger partial charge is 0.394 e. The summed E-state index contributed by atoms with van der Waals surface area (Å²) in [5, 5.41) is 20.4. The van der Waals surface area contributed by atoms with Crippen LogP contribution in [0.1, 0.15) is 12.5 Å². The molecule has 1 aromatic rings. The first kappa shape index (κ1) is 13.2. The van der Waals surface area contributed by atoms with E-state index in [-0.39, 0.29) is 18.6 Å². The van der Waals surface area contributed by atoms with E-state index >= 15 is 0 Å². The van der Waals surface area contributed by atoms with Gasteiger partial charge in [-0.15, -0.1) is 0 Å². The molecule has 0 heterocycles. The van der Waals surface area contributed by atoms with Gasteiger partial charge in [0.25, 0.3) is 0 Å². The Morgan fingerprint density at radius 3 is 2.65 bits per heavy atom. The molecule has 4 nitrogen and oxygen atoms in total. The summed E-state index contributed by atoms with van der Waals surface area (Å²) in [6.45, 7) is 1.56. The highest BCUT2D eigenvalue weighted by atomic mass is 16.3. The Hall–Kier alpha value is -1.86. The van der Waals surface area contributed by atoms with Gasteiger partial charge in [-0.2, -0.15) is 5.26 Å². The fourth-order valence-electron chi connectivity index (χ4n) is 1.44. The van der Waals surface area contributed by atoms with Crippen molar-refractivity contribution in [3.8, 4) is 6.07 Å². The zero-order valence-corrected chi connectivity index (χ0v) is 9.76. The molecule has 1 amide bonds. The van der Waals surface area contributed by atoms with Gasteiger partial charge in [0.05, 0.1) is 12.7 Å². The van der Waals surface area contributed by atoms with Gasteiger partial charge in [-0.1, -0.05) is 30.3 Å². The molecule has 2 N–H and O–H groups in total. The van der Waals surface area contributed by atoms with Crippen LogP contribution in [0, 0.1) is 17.2 Å². The summed E-state index contributed by atoms with van der Waals surface area (Å²) in [6, 6.07) is 11.1. The summed E-state index contributed by atoms with van der Waals surface area (Å²) in [4.78, 5) is 11.7. The van der Waals surface area contributed by atoms with Gasteiger partial charge >= 0.3 is 0 Å². The van der Waals surface area contributed by atoms with Crippen LogP contribution in [0.4, 0.5) is 0 Å². The minimum Gasteiger partial charge on any atom is -0.394 e. The molecule has 0 saturated heterocycles. The third kappa shape index (κ3) is 4.25. The lowest BCUT2D eigenvalue weighted by Gasteiger charge is -2.14. The fourth-order valence-corrected chi connectivity index (χ4v) is 1.44. The summed E-state index contributed by atoms with van der Waals surface area (Å²) >= 11 is 0. The van der Waals surface area contributed by atoms with Crippen LogP contribution in [0.2, 0.25) is 0 Å². The SMILES string of the molecule is C[C@@H](CO)NC(=O)C(C#N)Cc1ccccc1. The van der Waals surface area contributed by atoms with Crippen LogP contribution in [0.25, 0.3) is 0 Å². The van der Waals surface area contributed by atoms with E-state index in [1.165, 1.54) is 0 Å². The summed E-state index contributed by atoms with van der Waals surface area (Å²) in [5.74, 6) is -1.05. The molecule has 4 heteroatoms. The number of rotatable bonds is 5. The van der Waals surface area contributed by atoms with E-state index in [1.807, 2.05) is 36.4 Å². The molecule has 2 atom stereocenters. The molecule has 0 aliphatic heterocycles. The Labute approximate surface area is 101 Å². The number of hydrogen-bond donors (Lipinski definition) is 2. The summed E-state index contributed by atoms with van der Waals surface area (Å²) in [6.07, 6.45) is 0.390. The molecule has 1 aromatic carbocycles. The van der Waals surface area contributed by atoms with Crippen molar-refractivity contribution in [3.05, 3.63) is 35.9 Å². The van der Waals surface area contributed by atoms with Crippen LogP contribution in [0.15, 0.2) is 30.3 Å². The lowest BCUT2D eigenvalue weighted by Crippen LogP contribution is -2.39. The maximum absolute atomic E-state index is 11.7. The maximum atomic E-state index is 11.7. The lowest BCUT2D eigenvalue weighted by molar-refractivity contribution is -0.124. The third-order valence-electron chi connectivity index (χ3n) is 2.42. The monoisotopic (exact) mass is 232 g/mol. The number of amides is 1. The number of aliphatic hydroxyl groups is 1. The topological polar surface area (TPSA) is 73.1 Å². The van der Waals surface area contributed by atoms with E-state index in [4.69, 9.17) is 10.4 Å². The minimum absolute atomic E-state index is 0.130. The molecule has 0 aliphatic carbocycles. The normalized spacial score (nSPS) is 13.5. The average molecular weight is 232 g/mol. The number of nitrogens with zero attached hydrogens (tertiary/aromatic N) is 1. The second kappa shape index (κ2) is 6.66. The molecule has 0 radical (unpaired) electrons. The summed E-state index contributed by atoms with van der Waals surface area (Å²) < 4.78 is 0. The van der Waals surface area contributed by atoms with Crippen LogP contribution >= 0.6 is 0 Å². The first-order valence-corrected chi connectivity index (χ1v) is 5.52. The number of nitriles is 1. The molecule has 90 valence electrons. The van der Waals surface area contributed by atoms with Crippen molar-refractivity contribution in [1.29, 1.82) is 5.26 Å². The average Bonchev–Trinajstić information content (AvgIpc) is 2.36. The summed E-state index contributed by atoms with van der Waals surface area (Å²) in [5.41, 5.74) is 0.950. The van der Waals surface area contributed by atoms with E-state index in [2.05, 4.69) is 5.32 Å². The Balaban J connectivity index is 2.61. The quantitative estimate of drug-likeness (QED) is 0.791. The Bertz CT molecular complexity index is 398. The Kier molecular flexibility index (Phi) is 5.18. The first-order valence-electron chi connectivity index (χ1n) is 5.52.